The van der Waals surface area contributed by atoms with E-state index in [0.717, 1.165) is 12.1 Å². The van der Waals surface area contributed by atoms with Crippen LogP contribution in [0.4, 0.5) is 16.4 Å². The zero-order valence-corrected chi connectivity index (χ0v) is 10.1. The molecule has 1 aromatic carbocycles. The first-order chi connectivity index (χ1) is 8.75. The van der Waals surface area contributed by atoms with Gasteiger partial charge in [0.1, 0.15) is 0 Å². The van der Waals surface area contributed by atoms with Gasteiger partial charge in [-0.15, -0.1) is 0 Å². The number of amides is 2. The summed E-state index contributed by atoms with van der Waals surface area (Å²) in [5, 5.41) is 2.76. The van der Waals surface area contributed by atoms with Gasteiger partial charge in [0, 0.05) is 17.8 Å². The molecule has 1 aromatic heterocycles. The molecule has 0 fully saturated rings. The Bertz CT molecular complexity index is 563. The van der Waals surface area contributed by atoms with Crippen molar-refractivity contribution in [2.75, 3.05) is 10.2 Å². The van der Waals surface area contributed by atoms with Crippen molar-refractivity contribution in [2.45, 2.75) is 19.4 Å². The largest absolute Gasteiger partial charge is 0.449 e. The molecule has 0 saturated carbocycles. The number of benzene rings is 1. The van der Waals surface area contributed by atoms with Crippen LogP contribution in [0.15, 0.2) is 47.1 Å². The van der Waals surface area contributed by atoms with Crippen molar-refractivity contribution in [1.82, 2.24) is 0 Å². The highest BCUT2D eigenvalue weighted by molar-refractivity contribution is 6.02. The molecule has 1 unspecified atom stereocenters. The van der Waals surface area contributed by atoms with Crippen LogP contribution in [0.2, 0.25) is 0 Å². The van der Waals surface area contributed by atoms with Crippen LogP contribution < -0.4 is 10.2 Å². The first kappa shape index (κ1) is 10.9. The number of hydrogen-bond donors (Lipinski definition) is 1. The van der Waals surface area contributed by atoms with E-state index in [-0.39, 0.29) is 12.1 Å². The molecule has 1 N–H and O–H groups in total. The highest BCUT2D eigenvalue weighted by Crippen LogP contribution is 2.32. The molecular formula is C14H14N2O2. The van der Waals surface area contributed by atoms with Gasteiger partial charge in [0.05, 0.1) is 6.26 Å². The van der Waals surface area contributed by atoms with Crippen LogP contribution in [0.5, 0.6) is 0 Å². The molecule has 18 heavy (non-hydrogen) atoms. The number of hydrogen-bond acceptors (Lipinski definition) is 2. The van der Waals surface area contributed by atoms with Gasteiger partial charge in [0.15, 0.2) is 0 Å². The van der Waals surface area contributed by atoms with Crippen LogP contribution in [-0.4, -0.2) is 12.1 Å². The molecule has 1 aliphatic heterocycles. The lowest BCUT2D eigenvalue weighted by Gasteiger charge is -2.22. The topological polar surface area (TPSA) is 45.5 Å². The second-order valence-electron chi connectivity index (χ2n) is 4.46. The van der Waals surface area contributed by atoms with Gasteiger partial charge in [0.25, 0.3) is 0 Å². The SMILES string of the molecule is CC1Cc2ccccc2N1C(=O)Nc1ccco1. The lowest BCUT2D eigenvalue weighted by Crippen LogP contribution is -2.38. The van der Waals surface area contributed by atoms with Crippen molar-refractivity contribution in [3.8, 4) is 0 Å². The van der Waals surface area contributed by atoms with E-state index in [9.17, 15) is 4.79 Å². The molecule has 92 valence electrons. The van der Waals surface area contributed by atoms with Gasteiger partial charge in [-0.2, -0.15) is 0 Å². The molecule has 0 radical (unpaired) electrons. The normalized spacial score (nSPS) is 17.6. The Balaban J connectivity index is 1.86. The van der Waals surface area contributed by atoms with Crippen LogP contribution >= 0.6 is 0 Å². The highest BCUT2D eigenvalue weighted by Gasteiger charge is 2.30. The number of para-hydroxylation sites is 1. The number of nitrogens with one attached hydrogen (secondary N) is 1. The zero-order valence-electron chi connectivity index (χ0n) is 10.1. The van der Waals surface area contributed by atoms with Gasteiger partial charge in [-0.3, -0.25) is 10.2 Å². The molecular weight excluding hydrogens is 228 g/mol. The van der Waals surface area contributed by atoms with Crippen LogP contribution in [0.1, 0.15) is 12.5 Å². The summed E-state index contributed by atoms with van der Waals surface area (Å²) >= 11 is 0. The quantitative estimate of drug-likeness (QED) is 0.834. The Labute approximate surface area is 105 Å². The first-order valence-corrected chi connectivity index (χ1v) is 5.97. The fraction of sp³-hybridized carbons (Fsp3) is 0.214. The van der Waals surface area contributed by atoms with E-state index < -0.39 is 0 Å². The second-order valence-corrected chi connectivity index (χ2v) is 4.46. The van der Waals surface area contributed by atoms with E-state index >= 15 is 0 Å². The average Bonchev–Trinajstić information content (AvgIpc) is 2.94. The van der Waals surface area contributed by atoms with Crippen LogP contribution in [0, 0.1) is 0 Å². The smallest absolute Gasteiger partial charge is 0.328 e. The summed E-state index contributed by atoms with van der Waals surface area (Å²) in [6.45, 7) is 2.04. The van der Waals surface area contributed by atoms with E-state index in [1.807, 2.05) is 25.1 Å². The second kappa shape index (κ2) is 4.22. The van der Waals surface area contributed by atoms with E-state index in [1.54, 1.807) is 17.0 Å². The molecule has 0 spiro atoms. The van der Waals surface area contributed by atoms with Gasteiger partial charge >= 0.3 is 6.03 Å². The van der Waals surface area contributed by atoms with Crippen molar-refractivity contribution >= 4 is 17.6 Å². The molecule has 1 aliphatic rings. The number of fused-ring (bicyclic) bond motifs is 1. The van der Waals surface area contributed by atoms with E-state index in [4.69, 9.17) is 4.42 Å². The highest BCUT2D eigenvalue weighted by atomic mass is 16.3. The molecule has 3 rings (SSSR count). The third kappa shape index (κ3) is 1.76. The predicted molar refractivity (Wildman–Crippen MR) is 69.8 cm³/mol. The number of carbonyl (C=O) groups excluding carboxylic acids is 1. The molecule has 4 heteroatoms. The van der Waals surface area contributed by atoms with Crippen molar-refractivity contribution in [3.63, 3.8) is 0 Å². The van der Waals surface area contributed by atoms with Gasteiger partial charge < -0.3 is 4.42 Å². The van der Waals surface area contributed by atoms with E-state index in [0.29, 0.717) is 5.88 Å². The Hall–Kier alpha value is -2.23. The standard InChI is InChI=1S/C14H14N2O2/c1-10-9-11-5-2-3-6-12(11)16(10)14(17)15-13-7-4-8-18-13/h2-8,10H,9H2,1H3,(H,15,17). The number of urea groups is 1. The Morgan fingerprint density at radius 1 is 1.33 bits per heavy atom. The number of carbonyl (C=O) groups is 1. The minimum Gasteiger partial charge on any atom is -0.449 e. The van der Waals surface area contributed by atoms with Gasteiger partial charge in [-0.25, -0.2) is 4.79 Å². The van der Waals surface area contributed by atoms with Crippen LogP contribution in [0.25, 0.3) is 0 Å². The third-order valence-electron chi connectivity index (χ3n) is 3.18. The molecule has 2 aromatic rings. The van der Waals surface area contributed by atoms with E-state index in [2.05, 4.69) is 11.4 Å². The summed E-state index contributed by atoms with van der Waals surface area (Å²) in [7, 11) is 0. The van der Waals surface area contributed by atoms with Crippen molar-refractivity contribution < 1.29 is 9.21 Å². The Kier molecular flexibility index (Phi) is 2.55. The van der Waals surface area contributed by atoms with Crippen molar-refractivity contribution in [1.29, 1.82) is 0 Å². The fourth-order valence-electron chi connectivity index (χ4n) is 2.39. The maximum Gasteiger partial charge on any atom is 0.328 e. The molecule has 4 nitrogen and oxygen atoms in total. The molecule has 0 saturated heterocycles. The maximum atomic E-state index is 12.2. The van der Waals surface area contributed by atoms with Crippen molar-refractivity contribution in [3.05, 3.63) is 48.2 Å². The molecule has 2 heterocycles. The van der Waals surface area contributed by atoms with Gasteiger partial charge in [-0.05, 0) is 31.0 Å². The van der Waals surface area contributed by atoms with Crippen molar-refractivity contribution in [2.24, 2.45) is 0 Å². The zero-order chi connectivity index (χ0) is 12.5. The average molecular weight is 242 g/mol. The summed E-state index contributed by atoms with van der Waals surface area (Å²) in [5.41, 5.74) is 2.19. The number of anilines is 2. The fourth-order valence-corrected chi connectivity index (χ4v) is 2.39. The van der Waals surface area contributed by atoms with Crippen LogP contribution in [-0.2, 0) is 6.42 Å². The Morgan fingerprint density at radius 2 is 2.17 bits per heavy atom. The molecule has 0 bridgehead atoms. The summed E-state index contributed by atoms with van der Waals surface area (Å²) in [6, 6.07) is 11.5. The summed E-state index contributed by atoms with van der Waals surface area (Å²) in [5.74, 6) is 0.469. The summed E-state index contributed by atoms with van der Waals surface area (Å²) in [6.07, 6.45) is 2.43. The third-order valence-corrected chi connectivity index (χ3v) is 3.18. The maximum absolute atomic E-state index is 12.2. The molecule has 1 atom stereocenters. The van der Waals surface area contributed by atoms with E-state index in [1.165, 1.54) is 11.8 Å². The Morgan fingerprint density at radius 3 is 2.94 bits per heavy atom. The van der Waals surface area contributed by atoms with Gasteiger partial charge in [-0.1, -0.05) is 18.2 Å². The molecule has 0 aliphatic carbocycles. The number of furan rings is 1. The van der Waals surface area contributed by atoms with Gasteiger partial charge in [0.2, 0.25) is 5.88 Å². The first-order valence-electron chi connectivity index (χ1n) is 5.97. The minimum atomic E-state index is -0.151. The number of rotatable bonds is 1. The monoisotopic (exact) mass is 242 g/mol. The minimum absolute atomic E-state index is 0.151. The van der Waals surface area contributed by atoms with Crippen LogP contribution in [0.3, 0.4) is 0 Å². The molecule has 2 amide bonds. The summed E-state index contributed by atoms with van der Waals surface area (Å²) in [4.78, 5) is 14.0. The lowest BCUT2D eigenvalue weighted by molar-refractivity contribution is 0.255. The predicted octanol–water partition coefficient (Wildman–Crippen LogP) is 3.26. The summed E-state index contributed by atoms with van der Waals surface area (Å²) < 4.78 is 5.13. The lowest BCUT2D eigenvalue weighted by atomic mass is 10.1. The number of nitrogens with zero attached hydrogens (tertiary/aromatic N) is 1.